The van der Waals surface area contributed by atoms with E-state index in [0.717, 1.165) is 16.5 Å². The molecule has 1 amide bonds. The lowest BCUT2D eigenvalue weighted by molar-refractivity contribution is 0.102. The standard InChI is InChI=1S/C13H10N2O3S3/c1-21(17,18)11-4-5-19-13(11)15-12(16)8-2-3-9-10(6-8)20-7-14-9/h2-7H,1H3,(H,15,16). The van der Waals surface area contributed by atoms with Gasteiger partial charge in [-0.2, -0.15) is 0 Å². The molecule has 5 nitrogen and oxygen atoms in total. The smallest absolute Gasteiger partial charge is 0.256 e. The monoisotopic (exact) mass is 338 g/mol. The van der Waals surface area contributed by atoms with Crippen molar-refractivity contribution in [2.45, 2.75) is 4.90 Å². The van der Waals surface area contributed by atoms with Crippen molar-refractivity contribution in [2.24, 2.45) is 0 Å². The lowest BCUT2D eigenvalue weighted by atomic mass is 10.2. The number of thiophene rings is 1. The number of nitrogens with one attached hydrogen (secondary N) is 1. The Kier molecular flexibility index (Phi) is 3.52. The molecule has 0 atom stereocenters. The molecule has 2 aromatic heterocycles. The van der Waals surface area contributed by atoms with E-state index in [2.05, 4.69) is 10.3 Å². The first-order valence-electron chi connectivity index (χ1n) is 5.87. The molecule has 0 aliphatic heterocycles. The highest BCUT2D eigenvalue weighted by Crippen LogP contribution is 2.28. The number of anilines is 1. The van der Waals surface area contributed by atoms with E-state index >= 15 is 0 Å². The molecule has 0 saturated carbocycles. The molecule has 1 N–H and O–H groups in total. The molecule has 0 fully saturated rings. The summed E-state index contributed by atoms with van der Waals surface area (Å²) in [4.78, 5) is 16.5. The fraction of sp³-hybridized carbons (Fsp3) is 0.0769. The second kappa shape index (κ2) is 5.21. The highest BCUT2D eigenvalue weighted by molar-refractivity contribution is 7.91. The molecule has 0 radical (unpaired) electrons. The van der Waals surface area contributed by atoms with E-state index in [0.29, 0.717) is 10.6 Å². The van der Waals surface area contributed by atoms with Crippen LogP contribution in [-0.4, -0.2) is 25.6 Å². The van der Waals surface area contributed by atoms with Gasteiger partial charge in [-0.3, -0.25) is 4.79 Å². The van der Waals surface area contributed by atoms with Gasteiger partial charge in [0.2, 0.25) is 0 Å². The molecule has 8 heteroatoms. The average molecular weight is 338 g/mol. The van der Waals surface area contributed by atoms with Crippen LogP contribution in [0.1, 0.15) is 10.4 Å². The molecule has 0 saturated heterocycles. The van der Waals surface area contributed by atoms with Crippen molar-refractivity contribution in [3.63, 3.8) is 0 Å². The molecule has 108 valence electrons. The van der Waals surface area contributed by atoms with Crippen LogP contribution in [0.15, 0.2) is 40.1 Å². The minimum absolute atomic E-state index is 0.139. The average Bonchev–Trinajstić information content (AvgIpc) is 3.04. The molecular formula is C13H10N2O3S3. The van der Waals surface area contributed by atoms with Crippen LogP contribution in [0.4, 0.5) is 5.00 Å². The number of fused-ring (bicyclic) bond motifs is 1. The van der Waals surface area contributed by atoms with E-state index in [-0.39, 0.29) is 10.8 Å². The zero-order valence-corrected chi connectivity index (χ0v) is 13.3. The summed E-state index contributed by atoms with van der Waals surface area (Å²) < 4.78 is 24.2. The second-order valence-electron chi connectivity index (χ2n) is 4.38. The molecule has 0 aliphatic rings. The molecule has 1 aromatic carbocycles. The van der Waals surface area contributed by atoms with Gasteiger partial charge in [0, 0.05) is 11.8 Å². The molecule has 21 heavy (non-hydrogen) atoms. The van der Waals surface area contributed by atoms with Crippen molar-refractivity contribution >= 4 is 53.6 Å². The fourth-order valence-electron chi connectivity index (χ4n) is 1.85. The third kappa shape index (κ3) is 2.82. The number of hydrogen-bond donors (Lipinski definition) is 1. The number of carbonyl (C=O) groups is 1. The maximum Gasteiger partial charge on any atom is 0.256 e. The molecule has 2 heterocycles. The van der Waals surface area contributed by atoms with Gasteiger partial charge in [0.1, 0.15) is 9.90 Å². The lowest BCUT2D eigenvalue weighted by Crippen LogP contribution is -2.12. The van der Waals surface area contributed by atoms with Gasteiger partial charge in [-0.05, 0) is 29.6 Å². The highest BCUT2D eigenvalue weighted by atomic mass is 32.2. The van der Waals surface area contributed by atoms with Crippen LogP contribution in [0.25, 0.3) is 10.2 Å². The highest BCUT2D eigenvalue weighted by Gasteiger charge is 2.17. The van der Waals surface area contributed by atoms with Crippen molar-refractivity contribution < 1.29 is 13.2 Å². The number of hydrogen-bond acceptors (Lipinski definition) is 6. The van der Waals surface area contributed by atoms with Crippen LogP contribution < -0.4 is 5.32 Å². The largest absolute Gasteiger partial charge is 0.312 e. The zero-order valence-electron chi connectivity index (χ0n) is 10.9. The number of amides is 1. The number of rotatable bonds is 3. The molecule has 0 unspecified atom stereocenters. The van der Waals surface area contributed by atoms with Crippen molar-refractivity contribution in [3.05, 3.63) is 40.7 Å². The Balaban J connectivity index is 1.91. The molecule has 0 spiro atoms. The zero-order chi connectivity index (χ0) is 15.0. The van der Waals surface area contributed by atoms with Crippen molar-refractivity contribution in [1.82, 2.24) is 4.98 Å². The van der Waals surface area contributed by atoms with Crippen LogP contribution in [0, 0.1) is 0 Å². The van der Waals surface area contributed by atoms with Gasteiger partial charge in [-0.1, -0.05) is 0 Å². The number of aromatic nitrogens is 1. The van der Waals surface area contributed by atoms with Crippen molar-refractivity contribution in [3.8, 4) is 0 Å². The summed E-state index contributed by atoms with van der Waals surface area (Å²) in [6.45, 7) is 0. The van der Waals surface area contributed by atoms with E-state index in [1.165, 1.54) is 28.7 Å². The molecule has 3 aromatic rings. The van der Waals surface area contributed by atoms with E-state index in [9.17, 15) is 13.2 Å². The van der Waals surface area contributed by atoms with Crippen LogP contribution >= 0.6 is 22.7 Å². The quantitative estimate of drug-likeness (QED) is 0.796. The Morgan fingerprint density at radius 3 is 2.81 bits per heavy atom. The predicted molar refractivity (Wildman–Crippen MR) is 85.0 cm³/mol. The third-order valence-electron chi connectivity index (χ3n) is 2.85. The van der Waals surface area contributed by atoms with Crippen LogP contribution in [0.5, 0.6) is 0 Å². The molecule has 0 aliphatic carbocycles. The number of thiazole rings is 1. The number of carbonyl (C=O) groups excluding carboxylic acids is 1. The minimum Gasteiger partial charge on any atom is -0.312 e. The van der Waals surface area contributed by atoms with Crippen LogP contribution in [0.2, 0.25) is 0 Å². The van der Waals surface area contributed by atoms with Gasteiger partial charge >= 0.3 is 0 Å². The minimum atomic E-state index is -3.36. The van der Waals surface area contributed by atoms with Gasteiger partial charge < -0.3 is 5.32 Å². The summed E-state index contributed by atoms with van der Waals surface area (Å²) >= 11 is 2.63. The number of benzene rings is 1. The first kappa shape index (κ1) is 14.2. The van der Waals surface area contributed by atoms with E-state index < -0.39 is 9.84 Å². The predicted octanol–water partition coefficient (Wildman–Crippen LogP) is 3.01. The fourth-order valence-corrected chi connectivity index (χ4v) is 4.63. The summed E-state index contributed by atoms with van der Waals surface area (Å²) in [7, 11) is -3.36. The lowest BCUT2D eigenvalue weighted by Gasteiger charge is -2.05. The summed E-state index contributed by atoms with van der Waals surface area (Å²) in [5.41, 5.74) is 3.03. The molecular weight excluding hydrogens is 328 g/mol. The maximum absolute atomic E-state index is 12.2. The summed E-state index contributed by atoms with van der Waals surface area (Å²) in [6.07, 6.45) is 1.12. The normalized spacial score (nSPS) is 11.7. The van der Waals surface area contributed by atoms with Crippen LogP contribution in [0.3, 0.4) is 0 Å². The Morgan fingerprint density at radius 1 is 1.24 bits per heavy atom. The van der Waals surface area contributed by atoms with Gasteiger partial charge in [-0.25, -0.2) is 13.4 Å². The Hall–Kier alpha value is -1.77. The van der Waals surface area contributed by atoms with Gasteiger partial charge in [-0.15, -0.1) is 22.7 Å². The molecule has 3 rings (SSSR count). The van der Waals surface area contributed by atoms with Crippen LogP contribution in [-0.2, 0) is 9.84 Å². The van der Waals surface area contributed by atoms with Crippen molar-refractivity contribution in [2.75, 3.05) is 11.6 Å². The Labute approximate surface area is 129 Å². The van der Waals surface area contributed by atoms with Crippen molar-refractivity contribution in [1.29, 1.82) is 0 Å². The SMILES string of the molecule is CS(=O)(=O)c1ccsc1NC(=O)c1ccc2ncsc2c1. The first-order valence-corrected chi connectivity index (χ1v) is 9.52. The topological polar surface area (TPSA) is 76.1 Å². The maximum atomic E-state index is 12.2. The van der Waals surface area contributed by atoms with E-state index in [4.69, 9.17) is 0 Å². The summed E-state index contributed by atoms with van der Waals surface area (Å²) in [5.74, 6) is -0.336. The summed E-state index contributed by atoms with van der Waals surface area (Å²) in [5, 5.41) is 4.63. The number of sulfone groups is 1. The Bertz CT molecular complexity index is 925. The first-order chi connectivity index (χ1) is 9.95. The van der Waals surface area contributed by atoms with Gasteiger partial charge in [0.25, 0.3) is 5.91 Å². The van der Waals surface area contributed by atoms with E-state index in [1.807, 2.05) is 0 Å². The Morgan fingerprint density at radius 2 is 2.05 bits per heavy atom. The summed E-state index contributed by atoms with van der Waals surface area (Å²) in [6, 6.07) is 6.68. The molecule has 0 bridgehead atoms. The number of nitrogens with zero attached hydrogens (tertiary/aromatic N) is 1. The third-order valence-corrected chi connectivity index (χ3v) is 5.74. The van der Waals surface area contributed by atoms with Gasteiger partial charge in [0.05, 0.1) is 15.7 Å². The van der Waals surface area contributed by atoms with E-state index in [1.54, 1.807) is 29.1 Å². The van der Waals surface area contributed by atoms with Gasteiger partial charge in [0.15, 0.2) is 9.84 Å². The second-order valence-corrected chi connectivity index (χ2v) is 8.16.